The van der Waals surface area contributed by atoms with Crippen molar-refractivity contribution in [2.24, 2.45) is 0 Å². The molecule has 19 heteroatoms. The summed E-state index contributed by atoms with van der Waals surface area (Å²) in [6.45, 7) is 56.7. The SMILES string of the molecule is C[SiH](C)CC=C[Si](C)(C)O[Si](C)(C)O[Si](O[Si](C)(C)C=C[Si](C)(C)C)(O[Si](C)(C)O[Si](C)(C)C=C[Si](C)(C)C)O[Si](C)(C)O[Si](C)(C)C=C[Si](C)(C)C. The van der Waals surface area contributed by atoms with Gasteiger partial charge in [-0.05, 0) is 97.7 Å². The van der Waals surface area contributed by atoms with E-state index in [1.807, 2.05) is 0 Å². The van der Waals surface area contributed by atoms with Crippen molar-refractivity contribution in [2.45, 2.75) is 170 Å². The first-order valence-corrected chi connectivity index (χ1v) is 55.6. The van der Waals surface area contributed by atoms with E-state index in [0.717, 1.165) is 6.04 Å². The van der Waals surface area contributed by atoms with Gasteiger partial charge in [0.1, 0.15) is 0 Å². The quantitative estimate of drug-likeness (QED) is 0.0946. The summed E-state index contributed by atoms with van der Waals surface area (Å²) in [5.74, 6) is 0. The third-order valence-corrected chi connectivity index (χ3v) is 41.0. The van der Waals surface area contributed by atoms with Gasteiger partial charge in [-0.2, -0.15) is 0 Å². The average Bonchev–Trinajstić information content (AvgIpc) is 2.80. The van der Waals surface area contributed by atoms with Crippen LogP contribution in [0.3, 0.4) is 0 Å². The smallest absolute Gasteiger partial charge is 0.433 e. The molecule has 0 unspecified atom stereocenters. The summed E-state index contributed by atoms with van der Waals surface area (Å²) >= 11 is 0. The molecule has 0 spiro atoms. The highest BCUT2D eigenvalue weighted by atomic mass is 28.6. The van der Waals surface area contributed by atoms with Crippen LogP contribution in [0.1, 0.15) is 0 Å². The molecule has 0 aromatic rings. The number of hydrogen-bond donors (Lipinski definition) is 0. The molecule has 0 heterocycles. The molecular formula is C34H86O7Si12. The van der Waals surface area contributed by atoms with Gasteiger partial charge in [0, 0.05) is 8.80 Å². The van der Waals surface area contributed by atoms with Crippen LogP contribution in [0.2, 0.25) is 170 Å². The van der Waals surface area contributed by atoms with Crippen LogP contribution < -0.4 is 0 Å². The molecule has 0 atom stereocenters. The second-order valence-corrected chi connectivity index (χ2v) is 69.7. The Morgan fingerprint density at radius 2 is 0.566 bits per heavy atom. The molecule has 0 aliphatic carbocycles. The second-order valence-electron chi connectivity index (χ2n) is 22.0. The maximum atomic E-state index is 7.44. The van der Waals surface area contributed by atoms with Gasteiger partial charge in [0.15, 0.2) is 25.0 Å². The first-order chi connectivity index (χ1) is 23.0. The fraction of sp³-hybridized carbons (Fsp3) is 0.765. The minimum Gasteiger partial charge on any atom is -0.433 e. The molecule has 0 amide bonds. The van der Waals surface area contributed by atoms with Crippen molar-refractivity contribution in [1.82, 2.24) is 0 Å². The van der Waals surface area contributed by atoms with Crippen LogP contribution in [0.25, 0.3) is 0 Å². The largest absolute Gasteiger partial charge is 0.642 e. The van der Waals surface area contributed by atoms with Crippen LogP contribution in [-0.2, 0) is 28.8 Å². The zero-order valence-electron chi connectivity index (χ0n) is 39.3. The molecule has 0 aliphatic rings. The second kappa shape index (κ2) is 19.6. The molecule has 0 saturated carbocycles. The fourth-order valence-electron chi connectivity index (χ4n) is 5.43. The average molecular weight is 944 g/mol. The molecule has 0 saturated heterocycles. The lowest BCUT2D eigenvalue weighted by Gasteiger charge is -2.47. The van der Waals surface area contributed by atoms with Gasteiger partial charge < -0.3 is 28.8 Å². The first kappa shape index (κ1) is 54.3. The van der Waals surface area contributed by atoms with E-state index in [1.54, 1.807) is 0 Å². The molecular weight excluding hydrogens is 857 g/mol. The van der Waals surface area contributed by atoms with E-state index in [4.69, 9.17) is 28.8 Å². The Labute approximate surface area is 343 Å². The van der Waals surface area contributed by atoms with Gasteiger partial charge in [-0.25, -0.2) is 0 Å². The molecule has 7 nitrogen and oxygen atoms in total. The molecule has 0 aromatic carbocycles. The van der Waals surface area contributed by atoms with Crippen molar-refractivity contribution in [3.63, 3.8) is 0 Å². The standard InChI is InChI=1S/C34H86O7Si12/c1-42(2)27-26-28-46(12,13)35-50(20,21)39-53(38-49(18,19)34-31-45(9,10)11,40-51(22,23)36-47(14,15)32-29-43(3,4)5)41-52(24,25)37-48(16,17)33-30-44(6,7)8/h26,28-34,42H,27H2,1-25H3. The zero-order valence-corrected chi connectivity index (χ0v) is 51.4. The lowest BCUT2D eigenvalue weighted by Crippen LogP contribution is -2.69. The highest BCUT2D eigenvalue weighted by Crippen LogP contribution is 2.34. The summed E-state index contributed by atoms with van der Waals surface area (Å²) in [4.78, 5) is 0. The van der Waals surface area contributed by atoms with Crippen molar-refractivity contribution in [3.8, 4) is 0 Å². The van der Waals surface area contributed by atoms with Crippen molar-refractivity contribution in [3.05, 3.63) is 46.0 Å². The fourth-order valence-corrected chi connectivity index (χ4v) is 48.9. The van der Waals surface area contributed by atoms with Crippen molar-refractivity contribution in [1.29, 1.82) is 0 Å². The van der Waals surface area contributed by atoms with E-state index in [9.17, 15) is 0 Å². The Kier molecular flexibility index (Phi) is 20.0. The van der Waals surface area contributed by atoms with Gasteiger partial charge in [-0.3, -0.25) is 0 Å². The highest BCUT2D eigenvalue weighted by molar-refractivity contribution is 6.96. The van der Waals surface area contributed by atoms with Gasteiger partial charge in [-0.15, -0.1) is 17.1 Å². The minimum absolute atomic E-state index is 0.716. The number of allylic oxidation sites excluding steroid dienone is 1. The number of rotatable bonds is 23. The topological polar surface area (TPSA) is 64.6 Å². The normalized spacial score (nSPS) is 17.0. The molecule has 0 fully saturated rings. The summed E-state index contributed by atoms with van der Waals surface area (Å²) in [6, 6.07) is 1.16. The van der Waals surface area contributed by atoms with Crippen LogP contribution in [0.15, 0.2) is 46.0 Å². The van der Waals surface area contributed by atoms with Gasteiger partial charge in [0.25, 0.3) is 0 Å². The molecule has 0 aliphatic heterocycles. The summed E-state index contributed by atoms with van der Waals surface area (Å²) < 4.78 is 51.1. The minimum atomic E-state index is -4.05. The molecule has 312 valence electrons. The summed E-state index contributed by atoms with van der Waals surface area (Å²) in [6.07, 6.45) is 2.34. The predicted molar refractivity (Wildman–Crippen MR) is 266 cm³/mol. The Balaban J connectivity index is 7.61. The van der Waals surface area contributed by atoms with E-state index >= 15 is 0 Å². The van der Waals surface area contributed by atoms with Gasteiger partial charge in [-0.1, -0.05) is 101 Å². The summed E-state index contributed by atoms with van der Waals surface area (Å²) in [5.41, 5.74) is 16.6. The summed E-state index contributed by atoms with van der Waals surface area (Å²) in [5, 5.41) is 0. The lowest BCUT2D eigenvalue weighted by molar-refractivity contribution is 0.113. The maximum absolute atomic E-state index is 7.44. The Bertz CT molecular complexity index is 1220. The Morgan fingerprint density at radius 1 is 0.321 bits per heavy atom. The monoisotopic (exact) mass is 942 g/mol. The third-order valence-electron chi connectivity index (χ3n) is 7.11. The van der Waals surface area contributed by atoms with E-state index < -0.39 is 101 Å². The maximum Gasteiger partial charge on any atom is 0.642 e. The van der Waals surface area contributed by atoms with Crippen LogP contribution in [0.4, 0.5) is 0 Å². The number of hydrogen-bond acceptors (Lipinski definition) is 7. The molecule has 0 aromatic heterocycles. The predicted octanol–water partition coefficient (Wildman–Crippen LogP) is 12.0. The van der Waals surface area contributed by atoms with Gasteiger partial charge in [0.05, 0.1) is 24.2 Å². The van der Waals surface area contributed by atoms with E-state index in [1.165, 1.54) is 0 Å². The molecule has 53 heavy (non-hydrogen) atoms. The Hall–Kier alpha value is 1.28. The van der Waals surface area contributed by atoms with E-state index in [0.29, 0.717) is 0 Å². The van der Waals surface area contributed by atoms with Crippen LogP contribution in [0.5, 0.6) is 0 Å². The molecule has 0 N–H and O–H groups in total. The summed E-state index contributed by atoms with van der Waals surface area (Å²) in [7, 11) is -27.4. The molecule has 0 rings (SSSR count). The van der Waals surface area contributed by atoms with Gasteiger partial charge >= 0.3 is 34.7 Å². The lowest BCUT2D eigenvalue weighted by atomic mass is 10.8. The van der Waals surface area contributed by atoms with Crippen molar-refractivity contribution in [2.75, 3.05) is 0 Å². The van der Waals surface area contributed by atoms with Crippen LogP contribution >= 0.6 is 0 Å². The van der Waals surface area contributed by atoms with E-state index in [2.05, 4.69) is 210 Å². The van der Waals surface area contributed by atoms with Crippen molar-refractivity contribution >= 4 is 101 Å². The van der Waals surface area contributed by atoms with Crippen LogP contribution in [0, 0.1) is 0 Å². The van der Waals surface area contributed by atoms with Gasteiger partial charge in [0.2, 0.25) is 8.32 Å². The first-order valence-electron chi connectivity index (χ1n) is 19.7. The highest BCUT2D eigenvalue weighted by Gasteiger charge is 2.61. The van der Waals surface area contributed by atoms with Crippen molar-refractivity contribution < 1.29 is 28.8 Å². The van der Waals surface area contributed by atoms with E-state index in [-0.39, 0.29) is 0 Å². The molecule has 0 radical (unpaired) electrons. The zero-order chi connectivity index (χ0) is 42.4. The van der Waals surface area contributed by atoms with Crippen LogP contribution in [-0.4, -0.2) is 101 Å². The molecule has 0 bridgehead atoms. The Morgan fingerprint density at radius 3 is 0.811 bits per heavy atom. The third kappa shape index (κ3) is 27.6.